The first kappa shape index (κ1) is 21.0. The molecule has 1 heterocycles. The average Bonchev–Trinajstić information content (AvgIpc) is 3.07. The Hall–Kier alpha value is -2.30. The summed E-state index contributed by atoms with van der Waals surface area (Å²) in [6.45, 7) is 11.7. The summed E-state index contributed by atoms with van der Waals surface area (Å²) < 4.78 is 11.8. The second kappa shape index (κ2) is 7.44. The second-order valence-corrected chi connectivity index (χ2v) is 9.73. The Morgan fingerprint density at radius 3 is 2.80 bits per heavy atom. The first-order valence-corrected chi connectivity index (χ1v) is 11.2. The number of amides is 1. The summed E-state index contributed by atoms with van der Waals surface area (Å²) in [6, 6.07) is 4.18. The van der Waals surface area contributed by atoms with Crippen LogP contribution in [0.3, 0.4) is 0 Å². The highest BCUT2D eigenvalue weighted by Gasteiger charge is 2.54. The zero-order chi connectivity index (χ0) is 21.7. The van der Waals surface area contributed by atoms with Gasteiger partial charge in [-0.2, -0.15) is 0 Å². The maximum atomic E-state index is 12.8. The molecule has 0 radical (unpaired) electrons. The molecule has 2 aliphatic rings. The lowest BCUT2D eigenvalue weighted by Crippen LogP contribution is -2.51. The van der Waals surface area contributed by atoms with Crippen LogP contribution in [0.25, 0.3) is 0 Å². The number of hydrogen-bond donors (Lipinski definition) is 1. The van der Waals surface area contributed by atoms with Crippen LogP contribution < -0.4 is 10.1 Å². The van der Waals surface area contributed by atoms with Gasteiger partial charge in [0.15, 0.2) is 5.89 Å². The summed E-state index contributed by atoms with van der Waals surface area (Å²) in [5, 5.41) is 3.03. The van der Waals surface area contributed by atoms with Gasteiger partial charge in [0.25, 0.3) is 5.91 Å². The molecular weight excluding hydrogens is 376 g/mol. The van der Waals surface area contributed by atoms with Crippen LogP contribution >= 0.6 is 0 Å². The van der Waals surface area contributed by atoms with E-state index in [1.165, 1.54) is 11.1 Å². The number of fused-ring (bicyclic) bond motifs is 4. The van der Waals surface area contributed by atoms with Crippen molar-refractivity contribution in [2.24, 2.45) is 5.92 Å². The third-order valence-corrected chi connectivity index (χ3v) is 7.37. The van der Waals surface area contributed by atoms with Crippen molar-refractivity contribution in [1.29, 1.82) is 0 Å². The van der Waals surface area contributed by atoms with E-state index >= 15 is 0 Å². The van der Waals surface area contributed by atoms with Gasteiger partial charge in [0.1, 0.15) is 11.5 Å². The number of unbranched alkanes of at least 4 members (excludes halogenated alkanes) is 1. The molecule has 0 aliphatic heterocycles. The minimum absolute atomic E-state index is 0.0474. The molecule has 2 aromatic rings. The number of carbonyl (C=O) groups is 1. The highest BCUT2D eigenvalue weighted by molar-refractivity contribution is 5.97. The van der Waals surface area contributed by atoms with Gasteiger partial charge in [-0.1, -0.05) is 34.1 Å². The van der Waals surface area contributed by atoms with Gasteiger partial charge in [-0.25, -0.2) is 4.98 Å². The molecular formula is C25H34N2O3. The standard InChI is InChI=1S/C25H34N2O3/c1-7-8-11-26-23(28)17-12-16-9-10-21-24(3,4)22-19(27-15(2)30-22)14-25(21,5)18(16)13-20(17)29-6/h12-13,21H,7-11,14H2,1-6H3,(H,26,28)/t21-,25+/m0/s1. The van der Waals surface area contributed by atoms with Gasteiger partial charge in [-0.05, 0) is 48.4 Å². The van der Waals surface area contributed by atoms with Gasteiger partial charge in [-0.3, -0.25) is 4.79 Å². The van der Waals surface area contributed by atoms with Crippen molar-refractivity contribution in [1.82, 2.24) is 10.3 Å². The molecule has 0 bridgehead atoms. The minimum atomic E-state index is -0.0925. The first-order chi connectivity index (χ1) is 14.2. The molecule has 1 aromatic carbocycles. The second-order valence-electron chi connectivity index (χ2n) is 9.73. The smallest absolute Gasteiger partial charge is 0.255 e. The third kappa shape index (κ3) is 3.14. The number of methoxy groups -OCH3 is 1. The maximum absolute atomic E-state index is 12.8. The zero-order valence-corrected chi connectivity index (χ0v) is 19.1. The number of aromatic nitrogens is 1. The van der Waals surface area contributed by atoms with E-state index in [1.807, 2.05) is 6.92 Å². The summed E-state index contributed by atoms with van der Waals surface area (Å²) in [7, 11) is 1.65. The molecule has 2 atom stereocenters. The number of nitrogens with one attached hydrogen (secondary N) is 1. The van der Waals surface area contributed by atoms with Gasteiger partial charge >= 0.3 is 0 Å². The van der Waals surface area contributed by atoms with Gasteiger partial charge < -0.3 is 14.5 Å². The van der Waals surface area contributed by atoms with Crippen LogP contribution in [0.1, 0.15) is 85.8 Å². The van der Waals surface area contributed by atoms with Crippen molar-refractivity contribution < 1.29 is 13.9 Å². The molecule has 0 spiro atoms. The predicted molar refractivity (Wildman–Crippen MR) is 117 cm³/mol. The van der Waals surface area contributed by atoms with Crippen molar-refractivity contribution >= 4 is 5.91 Å². The SMILES string of the molecule is CCCCNC(=O)c1cc2c(cc1OC)[C@@]1(C)Cc3nc(C)oc3C(C)(C)[C@@H]1CC2. The fourth-order valence-corrected chi connectivity index (χ4v) is 5.96. The molecule has 4 rings (SSSR count). The average molecular weight is 411 g/mol. The number of aryl methyl sites for hydroxylation is 2. The highest BCUT2D eigenvalue weighted by atomic mass is 16.5. The van der Waals surface area contributed by atoms with E-state index in [9.17, 15) is 4.79 Å². The summed E-state index contributed by atoms with van der Waals surface area (Å²) in [6.07, 6.45) is 4.92. The molecule has 30 heavy (non-hydrogen) atoms. The van der Waals surface area contributed by atoms with E-state index in [1.54, 1.807) is 7.11 Å². The lowest BCUT2D eigenvalue weighted by atomic mass is 9.51. The molecule has 1 amide bonds. The number of benzene rings is 1. The van der Waals surface area contributed by atoms with E-state index in [4.69, 9.17) is 14.1 Å². The number of oxazole rings is 1. The van der Waals surface area contributed by atoms with Crippen LogP contribution in [0, 0.1) is 12.8 Å². The van der Waals surface area contributed by atoms with Crippen molar-refractivity contribution in [2.45, 2.75) is 77.6 Å². The number of rotatable bonds is 5. The summed E-state index contributed by atoms with van der Waals surface area (Å²) in [5.74, 6) is 2.83. The van der Waals surface area contributed by atoms with Gasteiger partial charge in [0.05, 0.1) is 18.4 Å². The molecule has 0 saturated carbocycles. The van der Waals surface area contributed by atoms with E-state index in [2.05, 4.69) is 45.1 Å². The third-order valence-electron chi connectivity index (χ3n) is 7.37. The Balaban J connectivity index is 1.77. The number of ether oxygens (including phenoxy) is 1. The minimum Gasteiger partial charge on any atom is -0.496 e. The van der Waals surface area contributed by atoms with Crippen LogP contribution in [0.4, 0.5) is 0 Å². The van der Waals surface area contributed by atoms with Crippen LogP contribution in [0.5, 0.6) is 5.75 Å². The van der Waals surface area contributed by atoms with E-state index in [-0.39, 0.29) is 16.7 Å². The quantitative estimate of drug-likeness (QED) is 0.714. The molecule has 0 unspecified atom stereocenters. The molecule has 5 nitrogen and oxygen atoms in total. The maximum Gasteiger partial charge on any atom is 0.255 e. The van der Waals surface area contributed by atoms with Gasteiger partial charge in [-0.15, -0.1) is 0 Å². The van der Waals surface area contributed by atoms with Crippen molar-refractivity contribution in [3.63, 3.8) is 0 Å². The van der Waals surface area contributed by atoms with Crippen molar-refractivity contribution in [2.75, 3.05) is 13.7 Å². The fourth-order valence-electron chi connectivity index (χ4n) is 5.96. The molecule has 0 saturated heterocycles. The molecule has 2 aliphatic carbocycles. The summed E-state index contributed by atoms with van der Waals surface area (Å²) >= 11 is 0. The first-order valence-electron chi connectivity index (χ1n) is 11.2. The molecule has 1 aromatic heterocycles. The van der Waals surface area contributed by atoms with E-state index in [0.717, 1.165) is 49.4 Å². The Morgan fingerprint density at radius 1 is 1.33 bits per heavy atom. The summed E-state index contributed by atoms with van der Waals surface area (Å²) in [4.78, 5) is 17.5. The Bertz CT molecular complexity index is 975. The summed E-state index contributed by atoms with van der Waals surface area (Å²) in [5.41, 5.74) is 4.10. The van der Waals surface area contributed by atoms with Crippen LogP contribution in [-0.2, 0) is 23.7 Å². The Kier molecular flexibility index (Phi) is 5.19. The highest BCUT2D eigenvalue weighted by Crippen LogP contribution is 2.56. The fraction of sp³-hybridized carbons (Fsp3) is 0.600. The lowest BCUT2D eigenvalue weighted by molar-refractivity contribution is 0.0948. The monoisotopic (exact) mass is 410 g/mol. The normalized spacial score (nSPS) is 23.9. The number of hydrogen-bond acceptors (Lipinski definition) is 4. The largest absolute Gasteiger partial charge is 0.496 e. The van der Waals surface area contributed by atoms with Crippen LogP contribution in [-0.4, -0.2) is 24.5 Å². The topological polar surface area (TPSA) is 64.4 Å². The zero-order valence-electron chi connectivity index (χ0n) is 19.1. The van der Waals surface area contributed by atoms with Crippen LogP contribution in [0.2, 0.25) is 0 Å². The Labute approximate surface area is 179 Å². The molecule has 5 heteroatoms. The predicted octanol–water partition coefficient (Wildman–Crippen LogP) is 4.88. The van der Waals surface area contributed by atoms with Crippen molar-refractivity contribution in [3.8, 4) is 5.75 Å². The number of nitrogens with zero attached hydrogens (tertiary/aromatic N) is 1. The number of carbonyl (C=O) groups excluding carboxylic acids is 1. The van der Waals surface area contributed by atoms with Gasteiger partial charge in [0, 0.05) is 30.7 Å². The molecule has 0 fully saturated rings. The van der Waals surface area contributed by atoms with Gasteiger partial charge in [0.2, 0.25) is 0 Å². The molecule has 162 valence electrons. The van der Waals surface area contributed by atoms with Crippen molar-refractivity contribution in [3.05, 3.63) is 46.2 Å². The Morgan fingerprint density at radius 2 is 2.10 bits per heavy atom. The molecule has 1 N–H and O–H groups in total. The van der Waals surface area contributed by atoms with Crippen LogP contribution in [0.15, 0.2) is 16.5 Å². The van der Waals surface area contributed by atoms with E-state index in [0.29, 0.717) is 23.8 Å². The van der Waals surface area contributed by atoms with E-state index < -0.39 is 0 Å². The lowest BCUT2D eigenvalue weighted by Gasteiger charge is -2.52.